The number of aromatic nitrogens is 5. The van der Waals surface area contributed by atoms with Crippen LogP contribution in [0.15, 0.2) is 53.6 Å². The van der Waals surface area contributed by atoms with Crippen LogP contribution in [0.4, 0.5) is 5.82 Å². The Morgan fingerprint density at radius 1 is 0.980 bits per heavy atom. The summed E-state index contributed by atoms with van der Waals surface area (Å²) in [6, 6.07) is 8.71. The van der Waals surface area contributed by atoms with Gasteiger partial charge in [0.15, 0.2) is 22.8 Å². The van der Waals surface area contributed by atoms with E-state index in [1.807, 2.05) is 12.1 Å². The smallest absolute Gasteiger partial charge is 0.276 e. The average Bonchev–Trinajstić information content (AvgIpc) is 3.88. The maximum Gasteiger partial charge on any atom is 0.276 e. The maximum atomic E-state index is 14.1. The number of ether oxygens (including phenoxy) is 3. The number of rotatable bonds is 5. The molecule has 6 heterocycles. The average molecular weight is 698 g/mol. The molecule has 16 nitrogen and oxygen atoms in total. The number of nitrogens with one attached hydrogen (secondary N) is 1. The molecule has 51 heavy (non-hydrogen) atoms. The van der Waals surface area contributed by atoms with Crippen LogP contribution in [0.25, 0.3) is 16.6 Å². The number of nitrogens with zero attached hydrogens (tertiary/aromatic N) is 8. The Balaban J connectivity index is 1.34. The number of carbonyl (C=O) groups is 3. The first-order chi connectivity index (χ1) is 24.9. The number of benzene rings is 1. The lowest BCUT2D eigenvalue weighted by Gasteiger charge is -2.35. The lowest BCUT2D eigenvalue weighted by Crippen LogP contribution is -2.43. The summed E-state index contributed by atoms with van der Waals surface area (Å²) in [7, 11) is 4.66. The van der Waals surface area contributed by atoms with E-state index < -0.39 is 0 Å². The maximum absolute atomic E-state index is 14.1. The zero-order valence-corrected chi connectivity index (χ0v) is 28.7. The minimum absolute atomic E-state index is 0.0891. The first-order valence-electron chi connectivity index (χ1n) is 16.8. The fraction of sp³-hybridized carbons (Fsp3) is 0.400. The van der Waals surface area contributed by atoms with Gasteiger partial charge in [-0.3, -0.25) is 18.8 Å². The van der Waals surface area contributed by atoms with E-state index in [4.69, 9.17) is 23.7 Å². The van der Waals surface area contributed by atoms with Gasteiger partial charge in [0.05, 0.1) is 32.4 Å². The molecule has 266 valence electrons. The summed E-state index contributed by atoms with van der Waals surface area (Å²) in [5, 5.41) is 15.8. The van der Waals surface area contributed by atoms with Gasteiger partial charge < -0.3 is 38.8 Å². The van der Waals surface area contributed by atoms with Crippen molar-refractivity contribution < 1.29 is 33.1 Å². The van der Waals surface area contributed by atoms with Crippen LogP contribution in [0.2, 0.25) is 0 Å². The number of amides is 3. The molecular weight excluding hydrogens is 658 g/mol. The first-order valence-corrected chi connectivity index (χ1v) is 16.8. The molecule has 16 heteroatoms. The minimum atomic E-state index is -0.389. The monoisotopic (exact) mass is 697 g/mol. The van der Waals surface area contributed by atoms with E-state index in [-0.39, 0.29) is 61.9 Å². The highest BCUT2D eigenvalue weighted by Gasteiger charge is 2.30. The summed E-state index contributed by atoms with van der Waals surface area (Å²) in [5.41, 5.74) is 2.24. The summed E-state index contributed by atoms with van der Waals surface area (Å²) in [4.78, 5) is 52.0. The summed E-state index contributed by atoms with van der Waals surface area (Å²) >= 11 is 0. The van der Waals surface area contributed by atoms with Crippen molar-refractivity contribution in [3.8, 4) is 17.2 Å². The van der Waals surface area contributed by atoms with Gasteiger partial charge in [-0.2, -0.15) is 0 Å². The van der Waals surface area contributed by atoms with E-state index in [1.54, 1.807) is 53.9 Å². The number of fused-ring (bicyclic) bond motifs is 6. The van der Waals surface area contributed by atoms with Crippen molar-refractivity contribution in [2.24, 2.45) is 5.92 Å². The Morgan fingerprint density at radius 3 is 2.61 bits per heavy atom. The van der Waals surface area contributed by atoms with Crippen LogP contribution in [0, 0.1) is 5.92 Å². The van der Waals surface area contributed by atoms with Crippen LogP contribution in [0.1, 0.15) is 45.7 Å². The predicted molar refractivity (Wildman–Crippen MR) is 184 cm³/mol. The molecule has 1 fully saturated rings. The largest absolute Gasteiger partial charge is 0.493 e. The summed E-state index contributed by atoms with van der Waals surface area (Å²) in [6.07, 6.45) is 6.54. The highest BCUT2D eigenvalue weighted by molar-refractivity contribution is 6.00. The van der Waals surface area contributed by atoms with Gasteiger partial charge in [-0.25, -0.2) is 4.98 Å². The van der Waals surface area contributed by atoms with Crippen molar-refractivity contribution in [2.45, 2.75) is 25.8 Å². The molecule has 1 N–H and O–H groups in total. The molecule has 4 aromatic heterocycles. The van der Waals surface area contributed by atoms with Crippen LogP contribution >= 0.6 is 0 Å². The normalized spacial score (nSPS) is 17.4. The SMILES string of the molecule is COc1cc2nc3c(cc2c(OC)c1OC)CN(C(=O)c1ccon1)CCN(C(=O)c1cccn2cnnc12)CCC(=O)NCC1CCCN3C1. The second kappa shape index (κ2) is 14.5. The molecule has 0 saturated carbocycles. The Hall–Kier alpha value is -5.93. The van der Waals surface area contributed by atoms with Crippen molar-refractivity contribution in [1.29, 1.82) is 0 Å². The predicted octanol–water partition coefficient (Wildman–Crippen LogP) is 2.81. The molecule has 1 saturated heterocycles. The van der Waals surface area contributed by atoms with Gasteiger partial charge in [-0.1, -0.05) is 5.16 Å². The van der Waals surface area contributed by atoms with Crippen molar-refractivity contribution in [1.82, 2.24) is 39.9 Å². The first kappa shape index (κ1) is 33.6. The standard InChI is InChI=1S/C35H39N9O7/c1-48-28-17-27-25(30(49-2)31(28)50-3)16-23-20-43(35(47)26-9-15-51-40-26)14-13-41(34(46)24-7-5-11-44-21-37-39-33(24)44)12-8-29(45)36-18-22-6-4-10-42(19-22)32(23)38-27/h5,7,9,11,15-17,21-22H,4,6,8,10,12-14,18-20H2,1-3H3,(H,36,45). The van der Waals surface area contributed by atoms with E-state index >= 15 is 0 Å². The number of carbonyl (C=O) groups excluding carboxylic acids is 3. The van der Waals surface area contributed by atoms with Crippen molar-refractivity contribution in [3.05, 3.63) is 65.9 Å². The lowest BCUT2D eigenvalue weighted by atomic mass is 9.97. The molecule has 7 rings (SSSR count). The molecule has 1 atom stereocenters. The third kappa shape index (κ3) is 6.68. The lowest BCUT2D eigenvalue weighted by molar-refractivity contribution is -0.121. The van der Waals surface area contributed by atoms with Crippen LogP contribution in [0.5, 0.6) is 17.2 Å². The van der Waals surface area contributed by atoms with Crippen LogP contribution in [-0.2, 0) is 11.3 Å². The Kier molecular flexibility index (Phi) is 9.55. The molecule has 0 spiro atoms. The molecule has 0 radical (unpaired) electrons. The van der Waals surface area contributed by atoms with Crippen molar-refractivity contribution in [3.63, 3.8) is 0 Å². The van der Waals surface area contributed by atoms with Crippen LogP contribution in [0.3, 0.4) is 0 Å². The van der Waals surface area contributed by atoms with Crippen molar-refractivity contribution in [2.75, 3.05) is 65.5 Å². The van der Waals surface area contributed by atoms with Gasteiger partial charge in [0, 0.05) is 81.5 Å². The number of hydrogen-bond donors (Lipinski definition) is 1. The molecule has 3 amide bonds. The van der Waals surface area contributed by atoms with E-state index in [1.165, 1.54) is 18.7 Å². The number of piperidine rings is 1. The van der Waals surface area contributed by atoms with Crippen LogP contribution < -0.4 is 24.4 Å². The van der Waals surface area contributed by atoms with Gasteiger partial charge in [-0.15, -0.1) is 10.2 Å². The molecule has 2 bridgehead atoms. The number of hydrogen-bond acceptors (Lipinski definition) is 12. The molecule has 5 aromatic rings. The van der Waals surface area contributed by atoms with Gasteiger partial charge in [0.2, 0.25) is 11.7 Å². The number of methoxy groups -OCH3 is 3. The summed E-state index contributed by atoms with van der Waals surface area (Å²) in [6.45, 7) is 2.36. The number of pyridine rings is 2. The van der Waals surface area contributed by atoms with Gasteiger partial charge in [0.1, 0.15) is 18.4 Å². The zero-order valence-electron chi connectivity index (χ0n) is 28.7. The number of anilines is 1. The van der Waals surface area contributed by atoms with Crippen molar-refractivity contribution >= 4 is 40.1 Å². The fourth-order valence-corrected chi connectivity index (χ4v) is 6.91. The van der Waals surface area contributed by atoms with Gasteiger partial charge >= 0.3 is 0 Å². The van der Waals surface area contributed by atoms with Gasteiger partial charge in [-0.05, 0) is 37.0 Å². The highest BCUT2D eigenvalue weighted by Crippen LogP contribution is 2.44. The summed E-state index contributed by atoms with van der Waals surface area (Å²) in [5.74, 6) is 1.33. The third-order valence-electron chi connectivity index (χ3n) is 9.48. The Labute approximate surface area is 293 Å². The Bertz CT molecular complexity index is 2070. The topological polar surface area (TPSA) is 170 Å². The molecule has 1 unspecified atom stereocenters. The van der Waals surface area contributed by atoms with Gasteiger partial charge in [0.25, 0.3) is 11.8 Å². The second-order valence-electron chi connectivity index (χ2n) is 12.6. The van der Waals surface area contributed by atoms with E-state index in [9.17, 15) is 14.4 Å². The van der Waals surface area contributed by atoms with E-state index in [0.717, 1.165) is 24.9 Å². The molecule has 2 aliphatic heterocycles. The third-order valence-corrected chi connectivity index (χ3v) is 9.48. The van der Waals surface area contributed by atoms with Crippen LogP contribution in [-0.4, -0.2) is 113 Å². The molecular formula is C35H39N9O7. The van der Waals surface area contributed by atoms with E-state index in [2.05, 4.69) is 25.6 Å². The minimum Gasteiger partial charge on any atom is -0.493 e. The Morgan fingerprint density at radius 2 is 1.82 bits per heavy atom. The molecule has 1 aromatic carbocycles. The highest BCUT2D eigenvalue weighted by atomic mass is 16.5. The zero-order chi connectivity index (χ0) is 35.5. The fourth-order valence-electron chi connectivity index (χ4n) is 6.91. The second-order valence-corrected chi connectivity index (χ2v) is 12.6. The molecule has 2 aliphatic rings. The van der Waals surface area contributed by atoms with E-state index in [0.29, 0.717) is 58.3 Å². The summed E-state index contributed by atoms with van der Waals surface area (Å²) < 4.78 is 23.9. The quantitative estimate of drug-likeness (QED) is 0.286. The molecule has 0 aliphatic carbocycles.